The molecule has 0 bridgehead atoms. The number of thiophene rings is 1. The summed E-state index contributed by atoms with van der Waals surface area (Å²) >= 11 is 1.61. The molecule has 1 N–H and O–H groups in total. The highest BCUT2D eigenvalue weighted by Crippen LogP contribution is 2.33. The van der Waals surface area contributed by atoms with E-state index in [1.54, 1.807) is 23.3 Å². The number of benzene rings is 1. The van der Waals surface area contributed by atoms with Crippen molar-refractivity contribution in [2.24, 2.45) is 0 Å². The van der Waals surface area contributed by atoms with Gasteiger partial charge in [0.05, 0.1) is 0 Å². The first-order valence-corrected chi connectivity index (χ1v) is 7.62. The molecule has 0 aliphatic carbocycles. The van der Waals surface area contributed by atoms with E-state index in [2.05, 4.69) is 0 Å². The molecule has 1 unspecified atom stereocenters. The van der Waals surface area contributed by atoms with Gasteiger partial charge in [-0.1, -0.05) is 12.1 Å². The number of hydrogen-bond acceptors (Lipinski definition) is 3. The maximum absolute atomic E-state index is 11.7. The Hall–Kier alpha value is -1.65. The van der Waals surface area contributed by atoms with Crippen molar-refractivity contribution in [3.63, 3.8) is 0 Å². The lowest BCUT2D eigenvalue weighted by Gasteiger charge is -2.26. The molecular formula is C16H17NO2S. The fraction of sp³-hybridized carbons (Fsp3) is 0.312. The Morgan fingerprint density at radius 1 is 1.30 bits per heavy atom. The Bertz CT molecular complexity index is 662. The van der Waals surface area contributed by atoms with Gasteiger partial charge in [0.15, 0.2) is 0 Å². The molecule has 0 fully saturated rings. The van der Waals surface area contributed by atoms with Crippen molar-refractivity contribution < 1.29 is 9.90 Å². The third-order valence-electron chi connectivity index (χ3n) is 3.95. The Balaban J connectivity index is 1.97. The fourth-order valence-corrected chi connectivity index (χ4v) is 3.55. The van der Waals surface area contributed by atoms with Gasteiger partial charge >= 0.3 is 0 Å². The van der Waals surface area contributed by atoms with Crippen LogP contribution in [0.5, 0.6) is 0 Å². The number of hydrogen-bond donors (Lipinski definition) is 1. The van der Waals surface area contributed by atoms with Gasteiger partial charge in [-0.25, -0.2) is 0 Å². The SMILES string of the molecule is Cc1cscc1C(O)c1ccc2c(c1)CCC(=O)N2C. The van der Waals surface area contributed by atoms with Crippen LogP contribution in [-0.2, 0) is 11.2 Å². The van der Waals surface area contributed by atoms with Crippen molar-refractivity contribution in [3.05, 3.63) is 51.2 Å². The van der Waals surface area contributed by atoms with Gasteiger partial charge in [0.1, 0.15) is 6.10 Å². The van der Waals surface area contributed by atoms with Gasteiger partial charge in [-0.2, -0.15) is 11.3 Å². The fourth-order valence-electron chi connectivity index (χ4n) is 2.68. The lowest BCUT2D eigenvalue weighted by molar-refractivity contribution is -0.118. The van der Waals surface area contributed by atoms with Crippen LogP contribution in [0.3, 0.4) is 0 Å². The normalized spacial score (nSPS) is 16.1. The average molecular weight is 287 g/mol. The Morgan fingerprint density at radius 2 is 2.10 bits per heavy atom. The smallest absolute Gasteiger partial charge is 0.227 e. The number of carbonyl (C=O) groups is 1. The zero-order valence-corrected chi connectivity index (χ0v) is 12.4. The number of anilines is 1. The van der Waals surface area contributed by atoms with Crippen LogP contribution in [0.1, 0.15) is 34.8 Å². The predicted octanol–water partition coefficient (Wildman–Crippen LogP) is 3.05. The van der Waals surface area contributed by atoms with Crippen molar-refractivity contribution >= 4 is 22.9 Å². The standard InChI is InChI=1S/C16H17NO2S/c1-10-8-20-9-13(10)16(19)12-3-5-14-11(7-12)4-6-15(18)17(14)2/h3,5,7-9,16,19H,4,6H2,1-2H3. The van der Waals surface area contributed by atoms with Gasteiger partial charge in [-0.15, -0.1) is 0 Å². The molecule has 1 aliphatic heterocycles. The third kappa shape index (κ3) is 2.15. The zero-order valence-electron chi connectivity index (χ0n) is 11.6. The molecule has 2 heterocycles. The largest absolute Gasteiger partial charge is 0.384 e. The van der Waals surface area contributed by atoms with Crippen LogP contribution < -0.4 is 4.90 Å². The maximum Gasteiger partial charge on any atom is 0.227 e. The molecule has 0 radical (unpaired) electrons. The predicted molar refractivity (Wildman–Crippen MR) is 81.3 cm³/mol. The van der Waals surface area contributed by atoms with E-state index in [9.17, 15) is 9.90 Å². The molecule has 4 heteroatoms. The molecule has 1 aromatic carbocycles. The first-order chi connectivity index (χ1) is 9.58. The number of carbonyl (C=O) groups excluding carboxylic acids is 1. The van der Waals surface area contributed by atoms with Crippen molar-refractivity contribution in [1.29, 1.82) is 0 Å². The summed E-state index contributed by atoms with van der Waals surface area (Å²) in [6.07, 6.45) is 0.705. The molecule has 0 spiro atoms. The summed E-state index contributed by atoms with van der Waals surface area (Å²) in [5.41, 5.74) is 5.08. The Labute approximate surface area is 122 Å². The average Bonchev–Trinajstić information content (AvgIpc) is 2.88. The third-order valence-corrected chi connectivity index (χ3v) is 4.83. The lowest BCUT2D eigenvalue weighted by atomic mass is 9.94. The van der Waals surface area contributed by atoms with Crippen molar-refractivity contribution in [1.82, 2.24) is 0 Å². The van der Waals surface area contributed by atoms with Crippen LogP contribution in [0.15, 0.2) is 29.0 Å². The molecule has 20 heavy (non-hydrogen) atoms. The van der Waals surface area contributed by atoms with Crippen LogP contribution in [0, 0.1) is 6.92 Å². The first-order valence-electron chi connectivity index (χ1n) is 6.68. The van der Waals surface area contributed by atoms with Crippen LogP contribution >= 0.6 is 11.3 Å². The summed E-state index contributed by atoms with van der Waals surface area (Å²) in [5, 5.41) is 14.5. The minimum absolute atomic E-state index is 0.152. The van der Waals surface area contributed by atoms with E-state index in [1.807, 2.05) is 35.9 Å². The molecule has 1 atom stereocenters. The molecule has 0 saturated heterocycles. The van der Waals surface area contributed by atoms with Crippen LogP contribution in [-0.4, -0.2) is 18.1 Å². The van der Waals surface area contributed by atoms with E-state index in [0.29, 0.717) is 6.42 Å². The van der Waals surface area contributed by atoms with E-state index in [0.717, 1.165) is 34.4 Å². The summed E-state index contributed by atoms with van der Waals surface area (Å²) in [6.45, 7) is 2.01. The second-order valence-corrected chi connectivity index (χ2v) is 6.00. The van der Waals surface area contributed by atoms with Gasteiger partial charge in [-0.3, -0.25) is 4.79 Å². The zero-order chi connectivity index (χ0) is 14.3. The highest BCUT2D eigenvalue weighted by Gasteiger charge is 2.22. The summed E-state index contributed by atoms with van der Waals surface area (Å²) in [4.78, 5) is 13.4. The summed E-state index contributed by atoms with van der Waals surface area (Å²) in [5.74, 6) is 0.152. The Kier molecular flexibility index (Phi) is 3.36. The number of aliphatic hydroxyl groups excluding tert-OH is 1. The van der Waals surface area contributed by atoms with E-state index >= 15 is 0 Å². The van der Waals surface area contributed by atoms with Gasteiger partial charge in [0.25, 0.3) is 0 Å². The Morgan fingerprint density at radius 3 is 2.80 bits per heavy atom. The van der Waals surface area contributed by atoms with Crippen LogP contribution in [0.25, 0.3) is 0 Å². The topological polar surface area (TPSA) is 40.5 Å². The van der Waals surface area contributed by atoms with Crippen molar-refractivity contribution in [2.75, 3.05) is 11.9 Å². The number of rotatable bonds is 2. The number of aryl methyl sites for hydroxylation is 2. The monoisotopic (exact) mass is 287 g/mol. The summed E-state index contributed by atoms with van der Waals surface area (Å²) in [6, 6.07) is 5.88. The van der Waals surface area contributed by atoms with E-state index < -0.39 is 6.10 Å². The molecule has 1 amide bonds. The summed E-state index contributed by atoms with van der Waals surface area (Å²) < 4.78 is 0. The second-order valence-electron chi connectivity index (χ2n) is 5.25. The molecule has 3 rings (SSSR count). The molecule has 104 valence electrons. The van der Waals surface area contributed by atoms with E-state index in [4.69, 9.17) is 0 Å². The van der Waals surface area contributed by atoms with Gasteiger partial charge in [-0.05, 0) is 52.4 Å². The first kappa shape index (κ1) is 13.3. The molecule has 1 aromatic heterocycles. The number of amides is 1. The molecular weight excluding hydrogens is 270 g/mol. The van der Waals surface area contributed by atoms with E-state index in [1.165, 1.54) is 0 Å². The van der Waals surface area contributed by atoms with Crippen molar-refractivity contribution in [2.45, 2.75) is 25.9 Å². The van der Waals surface area contributed by atoms with Gasteiger partial charge in [0, 0.05) is 19.2 Å². The minimum atomic E-state index is -0.588. The maximum atomic E-state index is 11.7. The van der Waals surface area contributed by atoms with Gasteiger partial charge in [0.2, 0.25) is 5.91 Å². The van der Waals surface area contributed by atoms with Crippen LogP contribution in [0.2, 0.25) is 0 Å². The molecule has 2 aromatic rings. The molecule has 0 saturated carbocycles. The van der Waals surface area contributed by atoms with Crippen LogP contribution in [0.4, 0.5) is 5.69 Å². The van der Waals surface area contributed by atoms with Crippen molar-refractivity contribution in [3.8, 4) is 0 Å². The lowest BCUT2D eigenvalue weighted by Crippen LogP contribution is -2.31. The summed E-state index contributed by atoms with van der Waals surface area (Å²) in [7, 11) is 1.81. The molecule has 1 aliphatic rings. The van der Waals surface area contributed by atoms with Gasteiger partial charge < -0.3 is 10.0 Å². The van der Waals surface area contributed by atoms with E-state index in [-0.39, 0.29) is 5.91 Å². The number of fused-ring (bicyclic) bond motifs is 1. The highest BCUT2D eigenvalue weighted by molar-refractivity contribution is 7.08. The number of nitrogens with zero attached hydrogens (tertiary/aromatic N) is 1. The number of aliphatic hydroxyl groups is 1. The minimum Gasteiger partial charge on any atom is -0.384 e. The highest BCUT2D eigenvalue weighted by atomic mass is 32.1. The quantitative estimate of drug-likeness (QED) is 0.922. The molecule has 3 nitrogen and oxygen atoms in total. The second kappa shape index (κ2) is 5.04.